The Morgan fingerprint density at radius 2 is 2.17 bits per heavy atom. The van der Waals surface area contributed by atoms with Crippen LogP contribution in [0.15, 0.2) is 47.6 Å². The Morgan fingerprint density at radius 3 is 2.94 bits per heavy atom. The second-order valence-corrected chi connectivity index (χ2v) is 4.25. The van der Waals surface area contributed by atoms with Crippen molar-refractivity contribution in [2.45, 2.75) is 6.42 Å². The monoisotopic (exact) mass is 260 g/mol. The molecule has 92 valence electrons. The van der Waals surface area contributed by atoms with Crippen LogP contribution < -0.4 is 0 Å². The van der Waals surface area contributed by atoms with Gasteiger partial charge in [-0.2, -0.15) is 0 Å². The number of nitrogens with zero attached hydrogens (tertiary/aromatic N) is 2. The van der Waals surface area contributed by atoms with E-state index >= 15 is 0 Å². The van der Waals surface area contributed by atoms with Crippen LogP contribution in [-0.2, 0) is 6.42 Å². The van der Waals surface area contributed by atoms with Crippen molar-refractivity contribution in [1.29, 1.82) is 0 Å². The van der Waals surface area contributed by atoms with Gasteiger partial charge in [0.05, 0.1) is 0 Å². The van der Waals surface area contributed by atoms with E-state index in [2.05, 4.69) is 9.98 Å². The van der Waals surface area contributed by atoms with Gasteiger partial charge >= 0.3 is 0 Å². The first-order valence-corrected chi connectivity index (χ1v) is 6.02. The summed E-state index contributed by atoms with van der Waals surface area (Å²) in [6.45, 7) is 0.628. The summed E-state index contributed by atoms with van der Waals surface area (Å²) in [5.74, 6) is 0.181. The van der Waals surface area contributed by atoms with Gasteiger partial charge in [0.1, 0.15) is 5.75 Å². The molecule has 18 heavy (non-hydrogen) atoms. The number of benzene rings is 1. The summed E-state index contributed by atoms with van der Waals surface area (Å²) in [5.41, 5.74) is 1.63. The van der Waals surface area contributed by atoms with Crippen molar-refractivity contribution in [2.75, 3.05) is 6.54 Å². The largest absolute Gasteiger partial charge is 0.507 e. The van der Waals surface area contributed by atoms with E-state index in [1.54, 1.807) is 30.6 Å². The molecule has 1 aromatic heterocycles. The Labute approximate surface area is 111 Å². The number of aromatic nitrogens is 1. The van der Waals surface area contributed by atoms with E-state index in [0.29, 0.717) is 17.1 Å². The molecule has 1 N–H and O–H groups in total. The Hall–Kier alpha value is -1.87. The number of hydrogen-bond donors (Lipinski definition) is 1. The average Bonchev–Trinajstić information content (AvgIpc) is 2.40. The fourth-order valence-electron chi connectivity index (χ4n) is 1.52. The molecule has 0 radical (unpaired) electrons. The van der Waals surface area contributed by atoms with Gasteiger partial charge in [0.2, 0.25) is 0 Å². The summed E-state index contributed by atoms with van der Waals surface area (Å²) < 4.78 is 0. The first-order valence-electron chi connectivity index (χ1n) is 5.64. The molecule has 0 saturated heterocycles. The van der Waals surface area contributed by atoms with Gasteiger partial charge in [-0.1, -0.05) is 17.7 Å². The minimum Gasteiger partial charge on any atom is -0.507 e. The van der Waals surface area contributed by atoms with E-state index in [0.717, 1.165) is 12.1 Å². The number of halogens is 1. The first-order chi connectivity index (χ1) is 8.75. The summed E-state index contributed by atoms with van der Waals surface area (Å²) in [7, 11) is 0. The lowest BCUT2D eigenvalue weighted by Crippen LogP contribution is -1.93. The van der Waals surface area contributed by atoms with E-state index in [-0.39, 0.29) is 5.75 Å². The van der Waals surface area contributed by atoms with E-state index in [4.69, 9.17) is 11.6 Å². The third kappa shape index (κ3) is 3.57. The second kappa shape index (κ2) is 6.17. The maximum Gasteiger partial charge on any atom is 0.124 e. The predicted octanol–water partition coefficient (Wildman–Crippen LogP) is 3.10. The molecule has 3 nitrogen and oxygen atoms in total. The highest BCUT2D eigenvalue weighted by Gasteiger charge is 1.98. The van der Waals surface area contributed by atoms with Crippen molar-refractivity contribution in [3.05, 3.63) is 58.9 Å². The molecule has 0 saturated carbocycles. The van der Waals surface area contributed by atoms with Crippen LogP contribution in [0.5, 0.6) is 5.75 Å². The van der Waals surface area contributed by atoms with Crippen LogP contribution in [0.25, 0.3) is 0 Å². The summed E-state index contributed by atoms with van der Waals surface area (Å²) in [6.07, 6.45) is 4.17. The summed E-state index contributed by atoms with van der Waals surface area (Å²) >= 11 is 5.84. The fourth-order valence-corrected chi connectivity index (χ4v) is 1.70. The number of rotatable bonds is 4. The SMILES string of the molecule is Oc1ccc(Cl)cc1C=NCCc1ccccn1. The molecular formula is C14H13ClN2O. The smallest absolute Gasteiger partial charge is 0.124 e. The molecule has 1 heterocycles. The molecule has 0 unspecified atom stereocenters. The molecule has 0 aliphatic heterocycles. The van der Waals surface area contributed by atoms with Crippen LogP contribution >= 0.6 is 11.6 Å². The lowest BCUT2D eigenvalue weighted by molar-refractivity contribution is 0.474. The van der Waals surface area contributed by atoms with Gasteiger partial charge in [0.15, 0.2) is 0 Å². The average molecular weight is 261 g/mol. The standard InChI is InChI=1S/C14H13ClN2O/c15-12-4-5-14(18)11(9-12)10-16-8-6-13-3-1-2-7-17-13/h1-5,7,9-10,18H,6,8H2. The van der Waals surface area contributed by atoms with E-state index in [1.165, 1.54) is 0 Å². The fraction of sp³-hybridized carbons (Fsp3) is 0.143. The topological polar surface area (TPSA) is 45.5 Å². The molecule has 0 aliphatic carbocycles. The Bertz CT molecular complexity index is 541. The summed E-state index contributed by atoms with van der Waals surface area (Å²) in [5, 5.41) is 10.2. The molecular weight excluding hydrogens is 248 g/mol. The van der Waals surface area contributed by atoms with Crippen LogP contribution in [-0.4, -0.2) is 22.8 Å². The maximum atomic E-state index is 9.59. The molecule has 0 spiro atoms. The summed E-state index contributed by atoms with van der Waals surface area (Å²) in [6, 6.07) is 10.7. The minimum atomic E-state index is 0.181. The number of hydrogen-bond acceptors (Lipinski definition) is 3. The highest BCUT2D eigenvalue weighted by atomic mass is 35.5. The van der Waals surface area contributed by atoms with E-state index < -0.39 is 0 Å². The van der Waals surface area contributed by atoms with Crippen LogP contribution in [0.2, 0.25) is 5.02 Å². The van der Waals surface area contributed by atoms with Crippen LogP contribution in [0.4, 0.5) is 0 Å². The quantitative estimate of drug-likeness (QED) is 0.859. The Kier molecular flexibility index (Phi) is 4.31. The number of phenolic OH excluding ortho intramolecular Hbond substituents is 1. The van der Waals surface area contributed by atoms with Gasteiger partial charge in [0, 0.05) is 41.7 Å². The van der Waals surface area contributed by atoms with Gasteiger partial charge in [-0.05, 0) is 30.3 Å². The maximum absolute atomic E-state index is 9.59. The second-order valence-electron chi connectivity index (χ2n) is 3.81. The van der Waals surface area contributed by atoms with Gasteiger partial charge in [-0.25, -0.2) is 0 Å². The molecule has 0 bridgehead atoms. The third-order valence-electron chi connectivity index (χ3n) is 2.44. The lowest BCUT2D eigenvalue weighted by atomic mass is 10.2. The van der Waals surface area contributed by atoms with Crippen molar-refractivity contribution < 1.29 is 5.11 Å². The highest BCUT2D eigenvalue weighted by molar-refractivity contribution is 6.30. The lowest BCUT2D eigenvalue weighted by Gasteiger charge is -1.99. The van der Waals surface area contributed by atoms with Crippen LogP contribution in [0, 0.1) is 0 Å². The first kappa shape index (κ1) is 12.6. The van der Waals surface area contributed by atoms with Crippen LogP contribution in [0.3, 0.4) is 0 Å². The van der Waals surface area contributed by atoms with E-state index in [1.807, 2.05) is 18.2 Å². The zero-order valence-corrected chi connectivity index (χ0v) is 10.5. The Balaban J connectivity index is 1.94. The zero-order chi connectivity index (χ0) is 12.8. The van der Waals surface area contributed by atoms with Crippen molar-refractivity contribution in [3.63, 3.8) is 0 Å². The van der Waals surface area contributed by atoms with Crippen molar-refractivity contribution >= 4 is 17.8 Å². The Morgan fingerprint density at radius 1 is 1.28 bits per heavy atom. The van der Waals surface area contributed by atoms with Crippen molar-refractivity contribution in [2.24, 2.45) is 4.99 Å². The van der Waals surface area contributed by atoms with Gasteiger partial charge < -0.3 is 5.11 Å². The predicted molar refractivity (Wildman–Crippen MR) is 73.5 cm³/mol. The molecule has 4 heteroatoms. The molecule has 2 rings (SSSR count). The minimum absolute atomic E-state index is 0.181. The molecule has 1 aromatic carbocycles. The molecule has 0 atom stereocenters. The molecule has 2 aromatic rings. The molecule has 0 aliphatic rings. The zero-order valence-electron chi connectivity index (χ0n) is 9.75. The van der Waals surface area contributed by atoms with Gasteiger partial charge in [-0.3, -0.25) is 9.98 Å². The highest BCUT2D eigenvalue weighted by Crippen LogP contribution is 2.19. The van der Waals surface area contributed by atoms with Crippen molar-refractivity contribution in [3.8, 4) is 5.75 Å². The number of pyridine rings is 1. The van der Waals surface area contributed by atoms with Gasteiger partial charge in [-0.15, -0.1) is 0 Å². The molecule has 0 amide bonds. The van der Waals surface area contributed by atoms with Crippen LogP contribution in [0.1, 0.15) is 11.3 Å². The van der Waals surface area contributed by atoms with Gasteiger partial charge in [0.25, 0.3) is 0 Å². The molecule has 0 fully saturated rings. The summed E-state index contributed by atoms with van der Waals surface area (Å²) in [4.78, 5) is 8.47. The third-order valence-corrected chi connectivity index (χ3v) is 2.68. The number of aliphatic imine (C=N–C) groups is 1. The van der Waals surface area contributed by atoms with E-state index in [9.17, 15) is 5.11 Å². The van der Waals surface area contributed by atoms with Crippen molar-refractivity contribution in [1.82, 2.24) is 4.98 Å². The number of aromatic hydroxyl groups is 1. The number of phenols is 1. The normalized spacial score (nSPS) is 10.9.